The molecule has 0 spiro atoms. The molecule has 4 N–H and O–H groups in total. The Labute approximate surface area is 168 Å². The number of carbonyl (C=O) groups is 3. The molecule has 0 aliphatic heterocycles. The SMILES string of the molecule is CCNC(=O)CNC(=O)C(NC(=O)CCOCCOCCNC(C)C)C(C)C. The quantitative estimate of drug-likeness (QED) is 0.266. The van der Waals surface area contributed by atoms with Crippen LogP contribution in [0.25, 0.3) is 0 Å². The fourth-order valence-electron chi connectivity index (χ4n) is 2.22. The van der Waals surface area contributed by atoms with Crippen molar-refractivity contribution in [2.45, 2.75) is 53.1 Å². The predicted octanol–water partition coefficient (Wildman–Crippen LogP) is -0.199. The lowest BCUT2D eigenvalue weighted by atomic mass is 10.0. The van der Waals surface area contributed by atoms with E-state index in [1.807, 2.05) is 13.8 Å². The highest BCUT2D eigenvalue weighted by Crippen LogP contribution is 2.02. The summed E-state index contributed by atoms with van der Waals surface area (Å²) in [6.45, 7) is 12.5. The molecule has 164 valence electrons. The lowest BCUT2D eigenvalue weighted by Crippen LogP contribution is -2.51. The maximum absolute atomic E-state index is 12.2. The predicted molar refractivity (Wildman–Crippen MR) is 108 cm³/mol. The fraction of sp³-hybridized carbons (Fsp3) is 0.842. The van der Waals surface area contributed by atoms with Gasteiger partial charge in [-0.15, -0.1) is 0 Å². The van der Waals surface area contributed by atoms with E-state index in [4.69, 9.17) is 9.47 Å². The highest BCUT2D eigenvalue weighted by atomic mass is 16.5. The molecule has 9 nitrogen and oxygen atoms in total. The van der Waals surface area contributed by atoms with E-state index >= 15 is 0 Å². The Morgan fingerprint density at radius 1 is 0.857 bits per heavy atom. The molecule has 0 heterocycles. The van der Waals surface area contributed by atoms with E-state index in [1.165, 1.54) is 0 Å². The molecule has 1 unspecified atom stereocenters. The Morgan fingerprint density at radius 2 is 1.50 bits per heavy atom. The van der Waals surface area contributed by atoms with E-state index in [0.717, 1.165) is 6.54 Å². The molecule has 0 aromatic carbocycles. The third kappa shape index (κ3) is 14.4. The van der Waals surface area contributed by atoms with Crippen LogP contribution in [-0.2, 0) is 23.9 Å². The third-order valence-corrected chi connectivity index (χ3v) is 3.71. The summed E-state index contributed by atoms with van der Waals surface area (Å²) in [7, 11) is 0. The van der Waals surface area contributed by atoms with Gasteiger partial charge in [-0.1, -0.05) is 27.7 Å². The van der Waals surface area contributed by atoms with Crippen molar-refractivity contribution in [2.24, 2.45) is 5.92 Å². The summed E-state index contributed by atoms with van der Waals surface area (Å²) in [5.74, 6) is -1.01. The van der Waals surface area contributed by atoms with Crippen LogP contribution in [0.4, 0.5) is 0 Å². The Bertz CT molecular complexity index is 458. The van der Waals surface area contributed by atoms with E-state index in [-0.39, 0.29) is 43.2 Å². The van der Waals surface area contributed by atoms with Crippen LogP contribution in [0.15, 0.2) is 0 Å². The van der Waals surface area contributed by atoms with Crippen molar-refractivity contribution in [3.8, 4) is 0 Å². The maximum Gasteiger partial charge on any atom is 0.243 e. The molecule has 0 aliphatic carbocycles. The molecule has 3 amide bonds. The second-order valence-electron chi connectivity index (χ2n) is 7.04. The molecule has 0 saturated heterocycles. The van der Waals surface area contributed by atoms with Gasteiger partial charge >= 0.3 is 0 Å². The Morgan fingerprint density at radius 3 is 2.07 bits per heavy atom. The van der Waals surface area contributed by atoms with E-state index in [0.29, 0.717) is 32.4 Å². The summed E-state index contributed by atoms with van der Waals surface area (Å²) in [6, 6.07) is -0.262. The molecule has 0 bridgehead atoms. The van der Waals surface area contributed by atoms with Crippen molar-refractivity contribution in [3.05, 3.63) is 0 Å². The number of amides is 3. The normalized spacial score (nSPS) is 12.1. The van der Waals surface area contributed by atoms with Crippen LogP contribution in [-0.4, -0.2) is 75.9 Å². The molecule has 0 aliphatic rings. The monoisotopic (exact) mass is 402 g/mol. The van der Waals surface area contributed by atoms with Crippen LogP contribution in [0, 0.1) is 5.92 Å². The molecule has 0 aromatic heterocycles. The summed E-state index contributed by atoms with van der Waals surface area (Å²) in [5, 5.41) is 11.1. The average Bonchev–Trinajstić information content (AvgIpc) is 2.62. The first-order valence-electron chi connectivity index (χ1n) is 10.0. The van der Waals surface area contributed by atoms with Crippen LogP contribution >= 0.6 is 0 Å². The van der Waals surface area contributed by atoms with Crippen LogP contribution < -0.4 is 21.3 Å². The molecule has 0 rings (SSSR count). The highest BCUT2D eigenvalue weighted by Gasteiger charge is 2.24. The van der Waals surface area contributed by atoms with E-state index in [2.05, 4.69) is 35.1 Å². The van der Waals surface area contributed by atoms with Crippen LogP contribution in [0.5, 0.6) is 0 Å². The number of likely N-dealkylation sites (N-methyl/N-ethyl adjacent to an activating group) is 1. The third-order valence-electron chi connectivity index (χ3n) is 3.71. The minimum absolute atomic E-state index is 0.105. The zero-order valence-corrected chi connectivity index (χ0v) is 17.9. The topological polar surface area (TPSA) is 118 Å². The van der Waals surface area contributed by atoms with Crippen molar-refractivity contribution in [2.75, 3.05) is 46.1 Å². The van der Waals surface area contributed by atoms with Crippen LogP contribution in [0.3, 0.4) is 0 Å². The average molecular weight is 403 g/mol. The van der Waals surface area contributed by atoms with Gasteiger partial charge in [0.05, 0.1) is 33.0 Å². The van der Waals surface area contributed by atoms with Crippen molar-refractivity contribution in [1.29, 1.82) is 0 Å². The standard InChI is InChI=1S/C19H38N4O5/c1-6-20-17(25)13-22-19(26)18(14(2)3)23-16(24)7-9-27-11-12-28-10-8-21-15(4)5/h14-15,18,21H,6-13H2,1-5H3,(H,20,25)(H,22,26)(H,23,24). The van der Waals surface area contributed by atoms with Gasteiger partial charge in [-0.05, 0) is 12.8 Å². The van der Waals surface area contributed by atoms with E-state index in [1.54, 1.807) is 6.92 Å². The number of nitrogens with one attached hydrogen (secondary N) is 4. The van der Waals surface area contributed by atoms with Gasteiger partial charge in [-0.3, -0.25) is 14.4 Å². The van der Waals surface area contributed by atoms with Crippen molar-refractivity contribution < 1.29 is 23.9 Å². The summed E-state index contributed by atoms with van der Waals surface area (Å²) in [5.41, 5.74) is 0. The summed E-state index contributed by atoms with van der Waals surface area (Å²) in [4.78, 5) is 35.7. The van der Waals surface area contributed by atoms with E-state index in [9.17, 15) is 14.4 Å². The largest absolute Gasteiger partial charge is 0.379 e. The van der Waals surface area contributed by atoms with E-state index < -0.39 is 6.04 Å². The zero-order valence-electron chi connectivity index (χ0n) is 17.9. The lowest BCUT2D eigenvalue weighted by molar-refractivity contribution is -0.131. The first kappa shape index (κ1) is 26.3. The van der Waals surface area contributed by atoms with Gasteiger partial charge in [0.1, 0.15) is 6.04 Å². The number of hydrogen-bond acceptors (Lipinski definition) is 6. The lowest BCUT2D eigenvalue weighted by Gasteiger charge is -2.21. The molecule has 9 heteroatoms. The molecular formula is C19H38N4O5. The molecule has 0 radical (unpaired) electrons. The highest BCUT2D eigenvalue weighted by molar-refractivity contribution is 5.90. The summed E-state index contributed by atoms with van der Waals surface area (Å²) >= 11 is 0. The van der Waals surface area contributed by atoms with Crippen LogP contribution in [0.1, 0.15) is 41.0 Å². The molecule has 1 atom stereocenters. The molecule has 0 fully saturated rings. The Hall–Kier alpha value is -1.71. The molecule has 28 heavy (non-hydrogen) atoms. The maximum atomic E-state index is 12.2. The molecule has 0 aromatic rings. The number of rotatable bonds is 16. The van der Waals surface area contributed by atoms with Gasteiger partial charge in [-0.2, -0.15) is 0 Å². The minimum atomic E-state index is -0.696. The van der Waals surface area contributed by atoms with Crippen molar-refractivity contribution in [1.82, 2.24) is 21.3 Å². The number of carbonyl (C=O) groups excluding carboxylic acids is 3. The fourth-order valence-corrected chi connectivity index (χ4v) is 2.22. The van der Waals surface area contributed by atoms with Gasteiger partial charge in [0.25, 0.3) is 0 Å². The first-order chi connectivity index (χ1) is 13.3. The Kier molecular flexibility index (Phi) is 15.3. The smallest absolute Gasteiger partial charge is 0.243 e. The summed E-state index contributed by atoms with van der Waals surface area (Å²) in [6.07, 6.45) is 0.154. The van der Waals surface area contributed by atoms with Gasteiger partial charge in [-0.25, -0.2) is 0 Å². The molecule has 0 saturated carbocycles. The molecular weight excluding hydrogens is 364 g/mol. The van der Waals surface area contributed by atoms with Crippen molar-refractivity contribution in [3.63, 3.8) is 0 Å². The van der Waals surface area contributed by atoms with Crippen LogP contribution in [0.2, 0.25) is 0 Å². The summed E-state index contributed by atoms with van der Waals surface area (Å²) < 4.78 is 10.8. The van der Waals surface area contributed by atoms with Gasteiger partial charge < -0.3 is 30.7 Å². The van der Waals surface area contributed by atoms with Gasteiger partial charge in [0, 0.05) is 25.6 Å². The second-order valence-corrected chi connectivity index (χ2v) is 7.04. The zero-order chi connectivity index (χ0) is 21.4. The first-order valence-corrected chi connectivity index (χ1v) is 10.0. The second kappa shape index (κ2) is 16.3. The minimum Gasteiger partial charge on any atom is -0.379 e. The Balaban J connectivity index is 3.95. The number of hydrogen-bond donors (Lipinski definition) is 4. The van der Waals surface area contributed by atoms with Gasteiger partial charge in [0.2, 0.25) is 17.7 Å². The number of ether oxygens (including phenoxy) is 2. The van der Waals surface area contributed by atoms with Crippen molar-refractivity contribution >= 4 is 17.7 Å². The van der Waals surface area contributed by atoms with Gasteiger partial charge in [0.15, 0.2) is 0 Å².